The van der Waals surface area contributed by atoms with Gasteiger partial charge < -0.3 is 10.2 Å². The molecule has 3 aromatic heterocycles. The molecular weight excluding hydrogens is 552 g/mol. The molecule has 0 unspecified atom stereocenters. The monoisotopic (exact) mass is 587 g/mol. The molecule has 0 aliphatic rings. The zero-order valence-corrected chi connectivity index (χ0v) is 24.7. The van der Waals surface area contributed by atoms with E-state index >= 15 is 0 Å². The molecule has 0 aliphatic heterocycles. The molecule has 0 aliphatic carbocycles. The largest absolute Gasteiger partial charge is 0.481 e. The van der Waals surface area contributed by atoms with Crippen LogP contribution in [0.2, 0.25) is 0 Å². The highest BCUT2D eigenvalue weighted by atomic mass is 16.4. The minimum Gasteiger partial charge on any atom is -0.481 e. The van der Waals surface area contributed by atoms with E-state index in [2.05, 4.69) is 33.8 Å². The van der Waals surface area contributed by atoms with Crippen molar-refractivity contribution in [1.82, 2.24) is 15.0 Å². The number of carbonyl (C=O) groups is 2. The first-order valence-corrected chi connectivity index (χ1v) is 14.8. The molecule has 222 valence electrons. The molecule has 0 fully saturated rings. The Morgan fingerprint density at radius 3 is 1.77 bits per heavy atom. The fourth-order valence-corrected chi connectivity index (χ4v) is 5.14. The highest BCUT2D eigenvalue weighted by molar-refractivity contribution is 5.79. The molecule has 5 rings (SSSR count). The predicted molar refractivity (Wildman–Crippen MR) is 169 cm³/mol. The van der Waals surface area contributed by atoms with Gasteiger partial charge in [-0.05, 0) is 49.4 Å². The third-order valence-electron chi connectivity index (χ3n) is 7.55. The Morgan fingerprint density at radius 2 is 1.18 bits per heavy atom. The van der Waals surface area contributed by atoms with Crippen LogP contribution in [-0.2, 0) is 22.6 Å². The van der Waals surface area contributed by atoms with Crippen LogP contribution >= 0.6 is 0 Å². The average molecular weight is 588 g/mol. The van der Waals surface area contributed by atoms with Crippen molar-refractivity contribution in [2.75, 3.05) is 0 Å². The van der Waals surface area contributed by atoms with Gasteiger partial charge >= 0.3 is 11.9 Å². The maximum atomic E-state index is 11.7. The van der Waals surface area contributed by atoms with Gasteiger partial charge in [-0.1, -0.05) is 54.1 Å². The number of aryl methyl sites for hydroxylation is 2. The number of pyridine rings is 2. The first-order valence-electron chi connectivity index (χ1n) is 14.8. The number of unbranched alkanes of at least 4 members (excludes halogenated alkanes) is 2. The van der Waals surface area contributed by atoms with Crippen LogP contribution in [0, 0.1) is 6.92 Å². The summed E-state index contributed by atoms with van der Waals surface area (Å²) in [5, 5.41) is 18.4. The fraction of sp³-hybridized carbons (Fsp3) is 0.222. The summed E-state index contributed by atoms with van der Waals surface area (Å²) in [6.45, 7) is 2.87. The van der Waals surface area contributed by atoms with Gasteiger partial charge in [-0.15, -0.1) is 0 Å². The fourth-order valence-electron chi connectivity index (χ4n) is 5.14. The van der Waals surface area contributed by atoms with Crippen LogP contribution in [0.25, 0.3) is 45.0 Å². The first kappa shape index (κ1) is 30.2. The van der Waals surface area contributed by atoms with Gasteiger partial charge in [0.1, 0.15) is 6.54 Å². The number of carboxylic acids is 2. The molecule has 0 spiro atoms. The van der Waals surface area contributed by atoms with Gasteiger partial charge in [0.15, 0.2) is 18.2 Å². The average Bonchev–Trinajstić information content (AvgIpc) is 3.04. The van der Waals surface area contributed by atoms with Crippen LogP contribution in [0.1, 0.15) is 43.2 Å². The van der Waals surface area contributed by atoms with E-state index in [1.807, 2.05) is 67.8 Å². The molecule has 8 heteroatoms. The normalized spacial score (nSPS) is 10.9. The Morgan fingerprint density at radius 1 is 0.636 bits per heavy atom. The summed E-state index contributed by atoms with van der Waals surface area (Å²) in [5.74, 6) is -1.07. The van der Waals surface area contributed by atoms with E-state index < -0.39 is 11.9 Å². The van der Waals surface area contributed by atoms with E-state index in [9.17, 15) is 14.7 Å². The van der Waals surface area contributed by atoms with Crippen LogP contribution < -0.4 is 4.57 Å². The van der Waals surface area contributed by atoms with Crippen molar-refractivity contribution in [2.45, 2.75) is 52.0 Å². The summed E-state index contributed by atoms with van der Waals surface area (Å²) in [6.07, 6.45) is 10.5. The molecule has 2 aromatic carbocycles. The molecular formula is C36H35N4O4+. The lowest BCUT2D eigenvalue weighted by molar-refractivity contribution is -0.697. The lowest BCUT2D eigenvalue weighted by atomic mass is 9.95. The number of hydrogen-bond donors (Lipinski definition) is 2. The minimum atomic E-state index is -0.874. The van der Waals surface area contributed by atoms with Gasteiger partial charge in [-0.3, -0.25) is 14.6 Å². The maximum absolute atomic E-state index is 11.7. The van der Waals surface area contributed by atoms with Crippen molar-refractivity contribution in [3.63, 3.8) is 0 Å². The van der Waals surface area contributed by atoms with Crippen molar-refractivity contribution < 1.29 is 24.4 Å². The second kappa shape index (κ2) is 14.3. The van der Waals surface area contributed by atoms with Gasteiger partial charge in [-0.2, -0.15) is 0 Å². The number of aromatic nitrogens is 4. The number of hydrogen-bond acceptors (Lipinski definition) is 5. The van der Waals surface area contributed by atoms with Gasteiger partial charge in [0.25, 0.3) is 0 Å². The number of rotatable bonds is 13. The second-order valence-corrected chi connectivity index (χ2v) is 10.8. The van der Waals surface area contributed by atoms with Crippen molar-refractivity contribution in [3.05, 3.63) is 109 Å². The smallest absolute Gasteiger partial charge is 0.303 e. The van der Waals surface area contributed by atoms with Crippen LogP contribution in [-0.4, -0.2) is 37.1 Å². The molecule has 0 radical (unpaired) electrons. The molecule has 0 atom stereocenters. The third-order valence-corrected chi connectivity index (χ3v) is 7.55. The third kappa shape index (κ3) is 7.77. The molecule has 0 saturated carbocycles. The van der Waals surface area contributed by atoms with Crippen molar-refractivity contribution in [1.29, 1.82) is 0 Å². The summed E-state index contributed by atoms with van der Waals surface area (Å²) >= 11 is 0. The Hall–Kier alpha value is -5.24. The van der Waals surface area contributed by atoms with E-state index in [0.717, 1.165) is 64.0 Å². The van der Waals surface area contributed by atoms with Gasteiger partial charge in [0, 0.05) is 66.0 Å². The zero-order chi connectivity index (χ0) is 30.9. The summed E-state index contributed by atoms with van der Waals surface area (Å²) in [4.78, 5) is 36.5. The molecule has 2 N–H and O–H groups in total. The Bertz CT molecular complexity index is 1720. The SMILES string of the molecule is Cc1ccc(-c2nc(-c3ccncc3)nc(-c3ccc(-c4cc[n+](CCCCCC(=O)O)cc4)cc3)c2CCC(=O)O)cc1. The summed E-state index contributed by atoms with van der Waals surface area (Å²) in [7, 11) is 0. The Kier molecular flexibility index (Phi) is 9.81. The number of benzene rings is 2. The van der Waals surface area contributed by atoms with E-state index in [0.29, 0.717) is 24.4 Å². The highest BCUT2D eigenvalue weighted by Crippen LogP contribution is 2.34. The molecule has 44 heavy (non-hydrogen) atoms. The summed E-state index contributed by atoms with van der Waals surface area (Å²) < 4.78 is 2.11. The van der Waals surface area contributed by atoms with E-state index in [4.69, 9.17) is 15.1 Å². The molecule has 5 aromatic rings. The molecule has 3 heterocycles. The van der Waals surface area contributed by atoms with E-state index in [1.165, 1.54) is 0 Å². The summed E-state index contributed by atoms with van der Waals surface area (Å²) in [5.41, 5.74) is 8.11. The van der Waals surface area contributed by atoms with Gasteiger partial charge in [-0.25, -0.2) is 14.5 Å². The van der Waals surface area contributed by atoms with Crippen molar-refractivity contribution >= 4 is 11.9 Å². The predicted octanol–water partition coefficient (Wildman–Crippen LogP) is 6.80. The number of aliphatic carboxylic acids is 2. The maximum Gasteiger partial charge on any atom is 0.303 e. The minimum absolute atomic E-state index is 0.0362. The van der Waals surface area contributed by atoms with Crippen molar-refractivity contribution in [3.8, 4) is 45.0 Å². The van der Waals surface area contributed by atoms with Crippen LogP contribution in [0.4, 0.5) is 0 Å². The van der Waals surface area contributed by atoms with E-state index in [-0.39, 0.29) is 12.8 Å². The lowest BCUT2D eigenvalue weighted by Crippen LogP contribution is -2.32. The quantitative estimate of drug-likeness (QED) is 0.115. The number of carboxylic acid groups (broad SMARTS) is 2. The van der Waals surface area contributed by atoms with Gasteiger partial charge in [0.05, 0.1) is 11.4 Å². The van der Waals surface area contributed by atoms with Crippen molar-refractivity contribution in [2.24, 2.45) is 0 Å². The Balaban J connectivity index is 1.47. The second-order valence-electron chi connectivity index (χ2n) is 10.8. The van der Waals surface area contributed by atoms with Crippen LogP contribution in [0.5, 0.6) is 0 Å². The standard InChI is InChI=1S/C36H34N4O4/c1-25-6-8-28(9-7-25)34-31(14-15-33(43)44)35(39-36(38-34)30-16-20-37-21-17-30)29-12-10-26(11-13-29)27-18-23-40(24-19-27)22-4-2-3-5-32(41)42/h6-13,16-21,23-24H,2-5,14-15,22H2,1H3,(H-,41,42,43,44)/p+1. The van der Waals surface area contributed by atoms with E-state index in [1.54, 1.807) is 12.4 Å². The topological polar surface area (TPSA) is 117 Å². The zero-order valence-electron chi connectivity index (χ0n) is 24.7. The first-order chi connectivity index (χ1) is 21.4. The van der Waals surface area contributed by atoms with Crippen LogP contribution in [0.3, 0.4) is 0 Å². The molecule has 0 amide bonds. The highest BCUT2D eigenvalue weighted by Gasteiger charge is 2.19. The van der Waals surface area contributed by atoms with Crippen LogP contribution in [0.15, 0.2) is 97.6 Å². The Labute approximate surface area is 256 Å². The molecule has 8 nitrogen and oxygen atoms in total. The number of nitrogens with zero attached hydrogens (tertiary/aromatic N) is 4. The molecule has 0 bridgehead atoms. The lowest BCUT2D eigenvalue weighted by Gasteiger charge is -2.16. The van der Waals surface area contributed by atoms with Gasteiger partial charge in [0.2, 0.25) is 0 Å². The summed E-state index contributed by atoms with van der Waals surface area (Å²) in [6, 6.07) is 24.2. The molecule has 0 saturated heterocycles.